The summed E-state index contributed by atoms with van der Waals surface area (Å²) in [5, 5.41) is 0. The molecule has 2 fully saturated rings. The van der Waals surface area contributed by atoms with Crippen LogP contribution in [0, 0.1) is 25.6 Å². The van der Waals surface area contributed by atoms with Gasteiger partial charge in [0, 0.05) is 37.4 Å². The fraction of sp³-hybridized carbons (Fsp3) is 0.435. The predicted molar refractivity (Wildman–Crippen MR) is 110 cm³/mol. The van der Waals surface area contributed by atoms with Crippen LogP contribution in [0.3, 0.4) is 0 Å². The van der Waals surface area contributed by atoms with Crippen molar-refractivity contribution < 1.29 is 23.5 Å². The summed E-state index contributed by atoms with van der Waals surface area (Å²) in [7, 11) is 0. The molecule has 1 aliphatic carbocycles. The van der Waals surface area contributed by atoms with Crippen molar-refractivity contribution in [1.82, 2.24) is 14.9 Å². The van der Waals surface area contributed by atoms with Gasteiger partial charge in [0.15, 0.2) is 17.4 Å². The van der Waals surface area contributed by atoms with Gasteiger partial charge in [0.25, 0.3) is 0 Å². The van der Waals surface area contributed by atoms with Crippen molar-refractivity contribution in [3.63, 3.8) is 0 Å². The molecule has 162 valence electrons. The Balaban J connectivity index is 1.56. The van der Waals surface area contributed by atoms with Gasteiger partial charge in [0.2, 0.25) is 5.91 Å². The van der Waals surface area contributed by atoms with Gasteiger partial charge in [0.1, 0.15) is 11.7 Å². The van der Waals surface area contributed by atoms with Crippen LogP contribution in [0.15, 0.2) is 24.5 Å². The molecule has 1 saturated heterocycles. The number of aryl methyl sites for hydroxylation is 2. The Morgan fingerprint density at radius 2 is 1.74 bits per heavy atom. The van der Waals surface area contributed by atoms with Crippen LogP contribution in [-0.2, 0) is 19.1 Å². The van der Waals surface area contributed by atoms with Gasteiger partial charge in [-0.25, -0.2) is 14.4 Å². The molecule has 2 aromatic rings. The van der Waals surface area contributed by atoms with E-state index in [-0.39, 0.29) is 30.3 Å². The third-order valence-electron chi connectivity index (χ3n) is 6.00. The highest BCUT2D eigenvalue weighted by atomic mass is 19.1. The van der Waals surface area contributed by atoms with Crippen molar-refractivity contribution in [2.45, 2.75) is 32.6 Å². The standard InChI is InChI=1S/C23H24FN3O4/c1-13-7-16(23-25-11-17(24)12-26-23)8-14(2)20(13)21-18(28)9-15(22(21)30)10-19(29)27-3-5-31-6-4-27/h7-8,11-12,15,21H,3-6,9-10H2,1-2H3. The predicted octanol–water partition coefficient (Wildman–Crippen LogP) is 2.39. The van der Waals surface area contributed by atoms with Gasteiger partial charge >= 0.3 is 0 Å². The highest BCUT2D eigenvalue weighted by Gasteiger charge is 2.44. The molecule has 2 unspecified atom stereocenters. The number of Topliss-reactive ketones (excluding diaryl/α,β-unsaturated/α-hetero) is 2. The van der Waals surface area contributed by atoms with E-state index in [4.69, 9.17) is 4.74 Å². The minimum atomic E-state index is -0.856. The van der Waals surface area contributed by atoms with Crippen LogP contribution >= 0.6 is 0 Å². The van der Waals surface area contributed by atoms with Crippen LogP contribution in [0.5, 0.6) is 0 Å². The number of benzene rings is 1. The molecule has 4 rings (SSSR count). The molecule has 1 aromatic carbocycles. The van der Waals surface area contributed by atoms with E-state index in [0.29, 0.717) is 43.3 Å². The number of halogens is 1. The second-order valence-corrected chi connectivity index (χ2v) is 8.15. The summed E-state index contributed by atoms with van der Waals surface area (Å²) >= 11 is 0. The fourth-order valence-corrected chi connectivity index (χ4v) is 4.50. The Bertz CT molecular complexity index is 1010. The number of ether oxygens (including phenoxy) is 1. The molecule has 0 N–H and O–H groups in total. The van der Waals surface area contributed by atoms with E-state index in [9.17, 15) is 18.8 Å². The number of hydrogen-bond acceptors (Lipinski definition) is 6. The number of carbonyl (C=O) groups is 3. The van der Waals surface area contributed by atoms with E-state index in [0.717, 1.165) is 23.5 Å². The summed E-state index contributed by atoms with van der Waals surface area (Å²) in [6, 6.07) is 3.62. The minimum Gasteiger partial charge on any atom is -0.378 e. The lowest BCUT2D eigenvalue weighted by molar-refractivity contribution is -0.138. The second-order valence-electron chi connectivity index (χ2n) is 8.15. The fourth-order valence-electron chi connectivity index (χ4n) is 4.50. The Labute approximate surface area is 179 Å². The average molecular weight is 425 g/mol. The van der Waals surface area contributed by atoms with Crippen molar-refractivity contribution in [2.24, 2.45) is 5.92 Å². The number of carbonyl (C=O) groups excluding carboxylic acids is 3. The summed E-state index contributed by atoms with van der Waals surface area (Å²) in [5.74, 6) is -2.04. The zero-order valence-electron chi connectivity index (χ0n) is 17.6. The molecule has 2 atom stereocenters. The molecule has 0 spiro atoms. The van der Waals surface area contributed by atoms with Crippen LogP contribution in [-0.4, -0.2) is 58.6 Å². The molecular formula is C23H24FN3O4. The first-order valence-corrected chi connectivity index (χ1v) is 10.4. The number of hydrogen-bond donors (Lipinski definition) is 0. The monoisotopic (exact) mass is 425 g/mol. The molecule has 7 nitrogen and oxygen atoms in total. The Kier molecular flexibility index (Phi) is 5.91. The number of aromatic nitrogens is 2. The second kappa shape index (κ2) is 8.63. The van der Waals surface area contributed by atoms with Crippen LogP contribution in [0.25, 0.3) is 11.4 Å². The van der Waals surface area contributed by atoms with Crippen molar-refractivity contribution in [1.29, 1.82) is 0 Å². The molecule has 1 amide bonds. The molecule has 1 aromatic heterocycles. The summed E-state index contributed by atoms with van der Waals surface area (Å²) in [6.45, 7) is 5.69. The summed E-state index contributed by atoms with van der Waals surface area (Å²) in [6.07, 6.45) is 2.34. The van der Waals surface area contributed by atoms with Crippen molar-refractivity contribution in [2.75, 3.05) is 26.3 Å². The summed E-state index contributed by atoms with van der Waals surface area (Å²) in [4.78, 5) is 48.3. The lowest BCUT2D eigenvalue weighted by Crippen LogP contribution is -2.41. The van der Waals surface area contributed by atoms with Gasteiger partial charge < -0.3 is 9.64 Å². The highest BCUT2D eigenvalue weighted by Crippen LogP contribution is 2.38. The largest absolute Gasteiger partial charge is 0.378 e. The van der Waals surface area contributed by atoms with Gasteiger partial charge in [-0.15, -0.1) is 0 Å². The molecule has 31 heavy (non-hydrogen) atoms. The van der Waals surface area contributed by atoms with Gasteiger partial charge in [-0.05, 0) is 42.7 Å². The normalized spacial score (nSPS) is 21.6. The van der Waals surface area contributed by atoms with Gasteiger partial charge in [-0.1, -0.05) is 0 Å². The Morgan fingerprint density at radius 1 is 1.13 bits per heavy atom. The first kappa shape index (κ1) is 21.2. The SMILES string of the molecule is Cc1cc(-c2ncc(F)cn2)cc(C)c1C1C(=O)CC(CC(=O)N2CCOCC2)C1=O. The van der Waals surface area contributed by atoms with Crippen molar-refractivity contribution >= 4 is 17.5 Å². The van der Waals surface area contributed by atoms with Crippen LogP contribution in [0.2, 0.25) is 0 Å². The van der Waals surface area contributed by atoms with Crippen LogP contribution in [0.4, 0.5) is 4.39 Å². The third-order valence-corrected chi connectivity index (χ3v) is 6.00. The van der Waals surface area contributed by atoms with Gasteiger partial charge in [0.05, 0.1) is 25.6 Å². The quantitative estimate of drug-likeness (QED) is 0.699. The van der Waals surface area contributed by atoms with Gasteiger partial charge in [-0.2, -0.15) is 0 Å². The summed E-state index contributed by atoms with van der Waals surface area (Å²) < 4.78 is 18.4. The number of morpholine rings is 1. The topological polar surface area (TPSA) is 89.5 Å². The third kappa shape index (κ3) is 4.25. The van der Waals surface area contributed by atoms with Crippen LogP contribution < -0.4 is 0 Å². The molecule has 2 aliphatic rings. The maximum atomic E-state index is 13.1. The van der Waals surface area contributed by atoms with Crippen LogP contribution in [0.1, 0.15) is 35.4 Å². The maximum absolute atomic E-state index is 13.1. The number of ketones is 2. The minimum absolute atomic E-state index is 0.0562. The molecule has 8 heteroatoms. The molecule has 1 aliphatic heterocycles. The maximum Gasteiger partial charge on any atom is 0.223 e. The smallest absolute Gasteiger partial charge is 0.223 e. The first-order chi connectivity index (χ1) is 14.8. The molecule has 1 saturated carbocycles. The molecular weight excluding hydrogens is 401 g/mol. The number of rotatable bonds is 4. The lowest BCUT2D eigenvalue weighted by atomic mass is 9.86. The number of amides is 1. The molecule has 0 radical (unpaired) electrons. The van der Waals surface area contributed by atoms with E-state index in [1.807, 2.05) is 26.0 Å². The average Bonchev–Trinajstić information content (AvgIpc) is 3.02. The lowest BCUT2D eigenvalue weighted by Gasteiger charge is -2.27. The van der Waals surface area contributed by atoms with Crippen molar-refractivity contribution in [3.8, 4) is 11.4 Å². The zero-order chi connectivity index (χ0) is 22.1. The Morgan fingerprint density at radius 3 is 2.35 bits per heavy atom. The van der Waals surface area contributed by atoms with E-state index < -0.39 is 17.7 Å². The van der Waals surface area contributed by atoms with E-state index in [2.05, 4.69) is 9.97 Å². The first-order valence-electron chi connectivity index (χ1n) is 10.4. The van der Waals surface area contributed by atoms with Crippen molar-refractivity contribution in [3.05, 3.63) is 47.0 Å². The van der Waals surface area contributed by atoms with E-state index in [1.54, 1.807) is 4.90 Å². The Hall–Kier alpha value is -3.00. The molecule has 0 bridgehead atoms. The van der Waals surface area contributed by atoms with E-state index in [1.165, 1.54) is 0 Å². The van der Waals surface area contributed by atoms with Gasteiger partial charge in [-0.3, -0.25) is 14.4 Å². The molecule has 2 heterocycles. The summed E-state index contributed by atoms with van der Waals surface area (Å²) in [5.41, 5.74) is 2.92. The number of nitrogens with zero attached hydrogens (tertiary/aromatic N) is 3. The zero-order valence-corrected chi connectivity index (χ0v) is 17.6. The van der Waals surface area contributed by atoms with E-state index >= 15 is 0 Å². The highest BCUT2D eigenvalue weighted by molar-refractivity contribution is 6.15.